The highest BCUT2D eigenvalue weighted by Gasteiger charge is 2.27. The van der Waals surface area contributed by atoms with Crippen molar-refractivity contribution in [2.45, 2.75) is 53.9 Å². The topological polar surface area (TPSA) is 37.3 Å². The van der Waals surface area contributed by atoms with Crippen molar-refractivity contribution in [1.29, 1.82) is 0 Å². The first-order valence-corrected chi connectivity index (χ1v) is 5.93. The maximum atomic E-state index is 11.5. The lowest BCUT2D eigenvalue weighted by Gasteiger charge is -2.28. The standard InChI is InChI=1S/C15H22O2/c1-8-9(2)11(4)13(15(5,6)7)12(10(8)3)14(16)17/h1-7H3,(H,16,17). The summed E-state index contributed by atoms with van der Waals surface area (Å²) < 4.78 is 0. The fourth-order valence-corrected chi connectivity index (χ4v) is 2.52. The highest BCUT2D eigenvalue weighted by molar-refractivity contribution is 5.93. The summed E-state index contributed by atoms with van der Waals surface area (Å²) in [6.45, 7) is 14.2. The van der Waals surface area contributed by atoms with Crippen LogP contribution in [-0.2, 0) is 5.41 Å². The third-order valence-corrected chi connectivity index (χ3v) is 3.65. The molecular formula is C15H22O2. The number of carboxylic acid groups (broad SMARTS) is 1. The highest BCUT2D eigenvalue weighted by Crippen LogP contribution is 2.35. The van der Waals surface area contributed by atoms with Gasteiger partial charge in [-0.3, -0.25) is 0 Å². The molecule has 0 heterocycles. The Hall–Kier alpha value is -1.31. The molecule has 0 atom stereocenters. The summed E-state index contributed by atoms with van der Waals surface area (Å²) in [4.78, 5) is 11.5. The SMILES string of the molecule is Cc1c(C)c(C)c(C(C)(C)C)c(C(=O)O)c1C. The molecule has 0 fully saturated rings. The zero-order valence-electron chi connectivity index (χ0n) is 11.9. The van der Waals surface area contributed by atoms with Crippen molar-refractivity contribution in [3.8, 4) is 0 Å². The Morgan fingerprint density at radius 3 is 1.65 bits per heavy atom. The molecule has 2 heteroatoms. The van der Waals surface area contributed by atoms with Crippen molar-refractivity contribution in [3.05, 3.63) is 33.4 Å². The zero-order valence-corrected chi connectivity index (χ0v) is 11.9. The molecule has 1 N–H and O–H groups in total. The molecule has 0 amide bonds. The Balaban J connectivity index is 3.86. The molecule has 0 radical (unpaired) electrons. The van der Waals surface area contributed by atoms with Gasteiger partial charge in [0.1, 0.15) is 0 Å². The summed E-state index contributed by atoms with van der Waals surface area (Å²) >= 11 is 0. The zero-order chi connectivity index (χ0) is 13.5. The van der Waals surface area contributed by atoms with Crippen LogP contribution in [0.15, 0.2) is 0 Å². The van der Waals surface area contributed by atoms with Crippen LogP contribution in [0.1, 0.15) is 58.9 Å². The molecular weight excluding hydrogens is 212 g/mol. The summed E-state index contributed by atoms with van der Waals surface area (Å²) in [6, 6.07) is 0. The molecule has 0 aliphatic carbocycles. The molecule has 94 valence electrons. The summed E-state index contributed by atoms with van der Waals surface area (Å²) in [5, 5.41) is 9.45. The van der Waals surface area contributed by atoms with Gasteiger partial charge in [-0.05, 0) is 60.9 Å². The monoisotopic (exact) mass is 234 g/mol. The first kappa shape index (κ1) is 13.8. The lowest BCUT2D eigenvalue weighted by Crippen LogP contribution is -2.21. The largest absolute Gasteiger partial charge is 0.478 e. The van der Waals surface area contributed by atoms with Crippen molar-refractivity contribution in [1.82, 2.24) is 0 Å². The van der Waals surface area contributed by atoms with Crippen LogP contribution in [0.5, 0.6) is 0 Å². The van der Waals surface area contributed by atoms with Crippen molar-refractivity contribution in [2.75, 3.05) is 0 Å². The quantitative estimate of drug-likeness (QED) is 0.799. The van der Waals surface area contributed by atoms with E-state index < -0.39 is 5.97 Å². The number of carboxylic acids is 1. The van der Waals surface area contributed by atoms with E-state index in [-0.39, 0.29) is 5.41 Å². The fourth-order valence-electron chi connectivity index (χ4n) is 2.52. The van der Waals surface area contributed by atoms with Gasteiger partial charge >= 0.3 is 5.97 Å². The average molecular weight is 234 g/mol. The van der Waals surface area contributed by atoms with Crippen LogP contribution < -0.4 is 0 Å². The Bertz CT molecular complexity index is 477. The van der Waals surface area contributed by atoms with Crippen LogP contribution >= 0.6 is 0 Å². The summed E-state index contributed by atoms with van der Waals surface area (Å²) in [5.41, 5.74) is 5.60. The molecule has 1 aromatic rings. The van der Waals surface area contributed by atoms with E-state index in [9.17, 15) is 9.90 Å². The maximum Gasteiger partial charge on any atom is 0.336 e. The molecule has 2 nitrogen and oxygen atoms in total. The van der Waals surface area contributed by atoms with E-state index in [1.165, 1.54) is 5.56 Å². The first-order chi connectivity index (χ1) is 7.59. The Morgan fingerprint density at radius 1 is 0.882 bits per heavy atom. The number of hydrogen-bond acceptors (Lipinski definition) is 1. The van der Waals surface area contributed by atoms with Crippen molar-refractivity contribution in [2.24, 2.45) is 0 Å². The number of benzene rings is 1. The minimum Gasteiger partial charge on any atom is -0.478 e. The second-order valence-corrected chi connectivity index (χ2v) is 5.81. The fraction of sp³-hybridized carbons (Fsp3) is 0.533. The van der Waals surface area contributed by atoms with E-state index in [1.807, 2.05) is 20.8 Å². The third kappa shape index (κ3) is 2.21. The molecule has 0 spiro atoms. The first-order valence-electron chi connectivity index (χ1n) is 5.93. The van der Waals surface area contributed by atoms with Crippen molar-refractivity contribution in [3.63, 3.8) is 0 Å². The minimum atomic E-state index is -0.821. The number of aromatic carboxylic acids is 1. The maximum absolute atomic E-state index is 11.5. The predicted molar refractivity (Wildman–Crippen MR) is 71.0 cm³/mol. The van der Waals surface area contributed by atoms with Crippen LogP contribution in [-0.4, -0.2) is 11.1 Å². The second-order valence-electron chi connectivity index (χ2n) is 5.81. The van der Waals surface area contributed by atoms with Gasteiger partial charge in [-0.25, -0.2) is 4.79 Å². The molecule has 0 aliphatic rings. The van der Waals surface area contributed by atoms with E-state index >= 15 is 0 Å². The van der Waals surface area contributed by atoms with Gasteiger partial charge < -0.3 is 5.11 Å². The predicted octanol–water partition coefficient (Wildman–Crippen LogP) is 3.92. The molecule has 1 aromatic carbocycles. The van der Waals surface area contributed by atoms with E-state index in [4.69, 9.17) is 0 Å². The summed E-state index contributed by atoms with van der Waals surface area (Å²) in [7, 11) is 0. The third-order valence-electron chi connectivity index (χ3n) is 3.65. The van der Waals surface area contributed by atoms with Gasteiger partial charge in [0.05, 0.1) is 5.56 Å². The van der Waals surface area contributed by atoms with Crippen LogP contribution in [0.2, 0.25) is 0 Å². The van der Waals surface area contributed by atoms with Gasteiger partial charge in [0.25, 0.3) is 0 Å². The molecule has 17 heavy (non-hydrogen) atoms. The molecule has 0 aliphatic heterocycles. The lowest BCUT2D eigenvalue weighted by atomic mass is 9.76. The van der Waals surface area contributed by atoms with E-state index in [1.54, 1.807) is 0 Å². The smallest absolute Gasteiger partial charge is 0.336 e. The Kier molecular flexibility index (Phi) is 3.37. The van der Waals surface area contributed by atoms with Crippen LogP contribution in [0.3, 0.4) is 0 Å². The average Bonchev–Trinajstić information content (AvgIpc) is 2.17. The normalized spacial score (nSPS) is 11.7. The summed E-state index contributed by atoms with van der Waals surface area (Å²) in [6.07, 6.45) is 0. The van der Waals surface area contributed by atoms with Gasteiger partial charge in [-0.15, -0.1) is 0 Å². The van der Waals surface area contributed by atoms with Gasteiger partial charge in [-0.2, -0.15) is 0 Å². The molecule has 0 saturated heterocycles. The number of carbonyl (C=O) groups is 1. The van der Waals surface area contributed by atoms with Crippen LogP contribution in [0.25, 0.3) is 0 Å². The van der Waals surface area contributed by atoms with Crippen LogP contribution in [0, 0.1) is 27.7 Å². The van der Waals surface area contributed by atoms with Gasteiger partial charge in [-0.1, -0.05) is 20.8 Å². The molecule has 0 bridgehead atoms. The lowest BCUT2D eigenvalue weighted by molar-refractivity contribution is 0.0693. The van der Waals surface area contributed by atoms with Crippen molar-refractivity contribution < 1.29 is 9.90 Å². The molecule has 0 unspecified atom stereocenters. The van der Waals surface area contributed by atoms with Gasteiger partial charge in [0.2, 0.25) is 0 Å². The van der Waals surface area contributed by atoms with Gasteiger partial charge in [0, 0.05) is 0 Å². The second kappa shape index (κ2) is 4.17. The van der Waals surface area contributed by atoms with E-state index in [0.29, 0.717) is 5.56 Å². The summed E-state index contributed by atoms with van der Waals surface area (Å²) in [5.74, 6) is -0.821. The van der Waals surface area contributed by atoms with Gasteiger partial charge in [0.15, 0.2) is 0 Å². The Morgan fingerprint density at radius 2 is 1.29 bits per heavy atom. The molecule has 1 rings (SSSR count). The molecule has 0 aromatic heterocycles. The Labute approximate surface area is 104 Å². The number of hydrogen-bond donors (Lipinski definition) is 1. The van der Waals surface area contributed by atoms with E-state index in [2.05, 4.69) is 27.7 Å². The van der Waals surface area contributed by atoms with Crippen LogP contribution in [0.4, 0.5) is 0 Å². The van der Waals surface area contributed by atoms with Crippen molar-refractivity contribution >= 4 is 5.97 Å². The van der Waals surface area contributed by atoms with E-state index in [0.717, 1.165) is 22.3 Å². The number of rotatable bonds is 1. The highest BCUT2D eigenvalue weighted by atomic mass is 16.4. The minimum absolute atomic E-state index is 0.152. The molecule has 0 saturated carbocycles.